The quantitative estimate of drug-likeness (QED) is 0.710. The van der Waals surface area contributed by atoms with E-state index in [0.717, 1.165) is 22.8 Å². The molecule has 1 aromatic carbocycles. The average Bonchev–Trinajstić information content (AvgIpc) is 2.64. The molecule has 2 aromatic rings. The average molecular weight is 370 g/mol. The van der Waals surface area contributed by atoms with Gasteiger partial charge in [0, 0.05) is 31.7 Å². The van der Waals surface area contributed by atoms with E-state index in [0.29, 0.717) is 6.54 Å². The van der Waals surface area contributed by atoms with Crippen molar-refractivity contribution in [3.05, 3.63) is 83.7 Å². The number of halogens is 1. The maximum absolute atomic E-state index is 13.7. The van der Waals surface area contributed by atoms with Crippen LogP contribution >= 0.6 is 11.8 Å². The summed E-state index contributed by atoms with van der Waals surface area (Å²) >= 11 is 1.88. The molecule has 1 aliphatic heterocycles. The van der Waals surface area contributed by atoms with E-state index in [1.807, 2.05) is 30.0 Å². The molecule has 1 unspecified atom stereocenters. The summed E-state index contributed by atoms with van der Waals surface area (Å²) in [5, 5.41) is 0.215. The summed E-state index contributed by atoms with van der Waals surface area (Å²) in [5.74, 6) is 1.92. The van der Waals surface area contributed by atoms with Crippen LogP contribution in [0.5, 0.6) is 0 Å². The number of benzene rings is 1. The van der Waals surface area contributed by atoms with Crippen LogP contribution in [0.15, 0.2) is 72.3 Å². The summed E-state index contributed by atoms with van der Waals surface area (Å²) in [6, 6.07) is 10.8. The number of nitrogens with zero attached hydrogens (tertiary/aromatic N) is 3. The number of hydrogen-bond donors (Lipinski definition) is 0. The maximum atomic E-state index is 13.7. The highest BCUT2D eigenvalue weighted by Gasteiger charge is 2.26. The first kappa shape index (κ1) is 18.5. The Morgan fingerprint density at radius 1 is 1.23 bits per heavy atom. The van der Waals surface area contributed by atoms with Crippen molar-refractivity contribution in [1.82, 2.24) is 9.88 Å². The Kier molecular flexibility index (Phi) is 5.99. The molecular weight excluding hydrogens is 345 g/mol. The lowest BCUT2D eigenvalue weighted by atomic mass is 10.1. The van der Waals surface area contributed by atoms with Crippen LogP contribution in [0.3, 0.4) is 0 Å². The fraction of sp³-hybridized carbons (Fsp3) is 0.286. The van der Waals surface area contributed by atoms with E-state index in [2.05, 4.69) is 47.8 Å². The molecule has 0 fully saturated rings. The molecule has 0 radical (unpaired) electrons. The van der Waals surface area contributed by atoms with Crippen molar-refractivity contribution in [1.29, 1.82) is 0 Å². The molecule has 136 valence electrons. The molecule has 5 heteroatoms. The van der Waals surface area contributed by atoms with Gasteiger partial charge in [0.2, 0.25) is 0 Å². The lowest BCUT2D eigenvalue weighted by Crippen LogP contribution is -2.40. The largest absolute Gasteiger partial charge is 0.338 e. The van der Waals surface area contributed by atoms with E-state index in [1.165, 1.54) is 11.6 Å². The normalized spacial score (nSPS) is 16.9. The van der Waals surface area contributed by atoms with Gasteiger partial charge >= 0.3 is 0 Å². The van der Waals surface area contributed by atoms with Crippen LogP contribution in [0.1, 0.15) is 19.4 Å². The van der Waals surface area contributed by atoms with Gasteiger partial charge in [-0.3, -0.25) is 4.98 Å². The lowest BCUT2D eigenvalue weighted by Gasteiger charge is -2.40. The molecule has 0 spiro atoms. The van der Waals surface area contributed by atoms with Crippen LogP contribution in [0.4, 0.5) is 10.1 Å². The summed E-state index contributed by atoms with van der Waals surface area (Å²) in [7, 11) is 2.06. The molecule has 1 aliphatic rings. The second kappa shape index (κ2) is 8.41. The Labute approximate surface area is 159 Å². The van der Waals surface area contributed by atoms with Crippen molar-refractivity contribution < 1.29 is 4.39 Å². The molecule has 3 rings (SSSR count). The van der Waals surface area contributed by atoms with Gasteiger partial charge in [-0.15, -0.1) is 11.8 Å². The second-order valence-corrected chi connectivity index (χ2v) is 7.68. The van der Waals surface area contributed by atoms with Gasteiger partial charge < -0.3 is 9.80 Å². The number of rotatable bonds is 6. The van der Waals surface area contributed by atoms with Crippen molar-refractivity contribution in [2.45, 2.75) is 25.8 Å². The van der Waals surface area contributed by atoms with Crippen molar-refractivity contribution in [2.75, 3.05) is 17.7 Å². The fourth-order valence-electron chi connectivity index (χ4n) is 3.08. The molecule has 0 bridgehead atoms. The topological polar surface area (TPSA) is 19.4 Å². The van der Waals surface area contributed by atoms with Crippen LogP contribution in [-0.2, 0) is 6.54 Å². The molecule has 0 N–H and O–H groups in total. The molecule has 26 heavy (non-hydrogen) atoms. The Balaban J connectivity index is 1.95. The van der Waals surface area contributed by atoms with E-state index in [1.54, 1.807) is 24.5 Å². The minimum Gasteiger partial charge on any atom is -0.338 e. The third kappa shape index (κ3) is 4.28. The van der Waals surface area contributed by atoms with E-state index < -0.39 is 0 Å². The molecule has 1 atom stereocenters. The van der Waals surface area contributed by atoms with Gasteiger partial charge in [-0.05, 0) is 60.2 Å². The molecular formula is C21H24FN3S. The first-order valence-corrected chi connectivity index (χ1v) is 9.80. The molecule has 0 aliphatic carbocycles. The van der Waals surface area contributed by atoms with Gasteiger partial charge in [0.05, 0.1) is 5.37 Å². The highest BCUT2D eigenvalue weighted by Crippen LogP contribution is 2.32. The monoisotopic (exact) mass is 369 g/mol. The van der Waals surface area contributed by atoms with Crippen molar-refractivity contribution >= 4 is 17.4 Å². The molecule has 2 heterocycles. The minimum absolute atomic E-state index is 0.195. The Bertz CT molecular complexity index is 804. The van der Waals surface area contributed by atoms with Gasteiger partial charge in [-0.2, -0.15) is 0 Å². The van der Waals surface area contributed by atoms with E-state index in [9.17, 15) is 4.39 Å². The van der Waals surface area contributed by atoms with E-state index >= 15 is 0 Å². The fourth-order valence-corrected chi connectivity index (χ4v) is 4.10. The Morgan fingerprint density at radius 2 is 2.00 bits per heavy atom. The first-order valence-electron chi connectivity index (χ1n) is 8.75. The van der Waals surface area contributed by atoms with Gasteiger partial charge in [0.1, 0.15) is 11.6 Å². The smallest absolute Gasteiger partial charge is 0.123 e. The predicted molar refractivity (Wildman–Crippen MR) is 108 cm³/mol. The Hall–Kier alpha value is -2.27. The van der Waals surface area contributed by atoms with Crippen LogP contribution in [0.25, 0.3) is 0 Å². The second-order valence-electron chi connectivity index (χ2n) is 6.28. The zero-order chi connectivity index (χ0) is 18.5. The predicted octanol–water partition coefficient (Wildman–Crippen LogP) is 5.04. The number of aromatic nitrogens is 1. The SMILES string of the molecule is CCSC1C=C(C)C=C(N(C)c2ccncc2)N1Cc1cccc(F)c1. The first-order chi connectivity index (χ1) is 12.6. The molecule has 0 amide bonds. The Morgan fingerprint density at radius 3 is 2.69 bits per heavy atom. The summed E-state index contributed by atoms with van der Waals surface area (Å²) in [6.45, 7) is 4.95. The van der Waals surface area contributed by atoms with Crippen LogP contribution in [0, 0.1) is 5.82 Å². The third-order valence-corrected chi connectivity index (χ3v) is 5.40. The summed E-state index contributed by atoms with van der Waals surface area (Å²) in [6.07, 6.45) is 8.06. The van der Waals surface area contributed by atoms with Gasteiger partial charge in [0.15, 0.2) is 0 Å². The highest BCUT2D eigenvalue weighted by atomic mass is 32.2. The van der Waals surface area contributed by atoms with Crippen molar-refractivity contribution in [3.63, 3.8) is 0 Å². The molecule has 0 saturated heterocycles. The summed E-state index contributed by atoms with van der Waals surface area (Å²) in [5.41, 5.74) is 3.28. The van der Waals surface area contributed by atoms with Crippen LogP contribution in [-0.4, -0.2) is 28.1 Å². The number of thioether (sulfide) groups is 1. The number of allylic oxidation sites excluding steroid dienone is 2. The molecule has 3 nitrogen and oxygen atoms in total. The maximum Gasteiger partial charge on any atom is 0.123 e. The van der Waals surface area contributed by atoms with Gasteiger partial charge in [-0.25, -0.2) is 4.39 Å². The van der Waals surface area contributed by atoms with Crippen molar-refractivity contribution in [2.24, 2.45) is 0 Å². The van der Waals surface area contributed by atoms with Crippen molar-refractivity contribution in [3.8, 4) is 0 Å². The standard InChI is InChI=1S/C21H24FN3S/c1-4-26-21-13-16(2)12-20(24(3)19-8-10-23-11-9-19)25(21)15-17-6-5-7-18(22)14-17/h5-14,21H,4,15H2,1-3H3. The lowest BCUT2D eigenvalue weighted by molar-refractivity contribution is 0.335. The summed E-state index contributed by atoms with van der Waals surface area (Å²) in [4.78, 5) is 8.61. The zero-order valence-corrected chi connectivity index (χ0v) is 16.2. The van der Waals surface area contributed by atoms with Gasteiger partial charge in [0.25, 0.3) is 0 Å². The highest BCUT2D eigenvalue weighted by molar-refractivity contribution is 7.99. The van der Waals surface area contributed by atoms with E-state index in [4.69, 9.17) is 0 Å². The van der Waals surface area contributed by atoms with Gasteiger partial charge in [-0.1, -0.05) is 19.1 Å². The number of pyridine rings is 1. The molecule has 1 aromatic heterocycles. The minimum atomic E-state index is -0.195. The summed E-state index contributed by atoms with van der Waals surface area (Å²) < 4.78 is 13.7. The number of anilines is 1. The zero-order valence-electron chi connectivity index (χ0n) is 15.4. The number of hydrogen-bond acceptors (Lipinski definition) is 4. The third-order valence-electron chi connectivity index (χ3n) is 4.34. The molecule has 0 saturated carbocycles. The van der Waals surface area contributed by atoms with Crippen LogP contribution in [0.2, 0.25) is 0 Å². The van der Waals surface area contributed by atoms with E-state index in [-0.39, 0.29) is 11.2 Å². The van der Waals surface area contributed by atoms with Crippen LogP contribution < -0.4 is 4.90 Å².